The monoisotopic (exact) mass is 261 g/mol. The lowest BCUT2D eigenvalue weighted by molar-refractivity contribution is 0.508. The van der Waals surface area contributed by atoms with Crippen molar-refractivity contribution in [3.8, 4) is 0 Å². The van der Waals surface area contributed by atoms with Crippen molar-refractivity contribution in [1.29, 1.82) is 0 Å². The van der Waals surface area contributed by atoms with Crippen LogP contribution in [0.4, 0.5) is 0 Å². The third-order valence-electron chi connectivity index (χ3n) is 4.25. The number of hydrogen-bond acceptors (Lipinski definition) is 2. The van der Waals surface area contributed by atoms with E-state index < -0.39 is 0 Å². The highest BCUT2D eigenvalue weighted by Crippen LogP contribution is 2.32. The van der Waals surface area contributed by atoms with Crippen molar-refractivity contribution in [3.05, 3.63) is 34.9 Å². The van der Waals surface area contributed by atoms with Crippen molar-refractivity contribution in [2.24, 2.45) is 0 Å². The van der Waals surface area contributed by atoms with Crippen LogP contribution in [0.1, 0.15) is 48.4 Å². The number of benzene rings is 1. The average Bonchev–Trinajstić information content (AvgIpc) is 2.80. The molecule has 1 aliphatic heterocycles. The van der Waals surface area contributed by atoms with Gasteiger partial charge in [0.1, 0.15) is 0 Å². The van der Waals surface area contributed by atoms with Crippen molar-refractivity contribution in [1.82, 2.24) is 5.32 Å². The number of rotatable bonds is 3. The van der Waals surface area contributed by atoms with Gasteiger partial charge >= 0.3 is 0 Å². The first kappa shape index (κ1) is 12.6. The Morgan fingerprint density at radius 1 is 1.28 bits per heavy atom. The zero-order chi connectivity index (χ0) is 12.4. The molecule has 2 aliphatic rings. The molecular weight excluding hydrogens is 238 g/mol. The molecule has 0 bridgehead atoms. The Balaban J connectivity index is 1.60. The van der Waals surface area contributed by atoms with E-state index in [0.717, 1.165) is 5.25 Å². The van der Waals surface area contributed by atoms with E-state index in [1.165, 1.54) is 50.0 Å². The number of thioether (sulfide) groups is 1. The number of nitrogens with one attached hydrogen (secondary N) is 1. The van der Waals surface area contributed by atoms with E-state index in [1.807, 2.05) is 0 Å². The Morgan fingerprint density at radius 2 is 2.22 bits per heavy atom. The van der Waals surface area contributed by atoms with E-state index in [1.54, 1.807) is 11.1 Å². The Morgan fingerprint density at radius 3 is 3.06 bits per heavy atom. The van der Waals surface area contributed by atoms with Crippen molar-refractivity contribution in [3.63, 3.8) is 0 Å². The van der Waals surface area contributed by atoms with Crippen LogP contribution in [0.3, 0.4) is 0 Å². The van der Waals surface area contributed by atoms with Gasteiger partial charge in [-0.2, -0.15) is 11.8 Å². The van der Waals surface area contributed by atoms with E-state index >= 15 is 0 Å². The second kappa shape index (κ2) is 5.66. The van der Waals surface area contributed by atoms with Crippen LogP contribution in [0.5, 0.6) is 0 Å². The lowest BCUT2D eigenvalue weighted by Gasteiger charge is -2.24. The van der Waals surface area contributed by atoms with Crippen molar-refractivity contribution >= 4 is 11.8 Å². The third kappa shape index (κ3) is 2.75. The van der Waals surface area contributed by atoms with Gasteiger partial charge in [0.05, 0.1) is 0 Å². The molecule has 1 nitrogen and oxygen atoms in total. The summed E-state index contributed by atoms with van der Waals surface area (Å²) in [6.07, 6.45) is 6.80. The molecule has 1 heterocycles. The van der Waals surface area contributed by atoms with E-state index in [-0.39, 0.29) is 0 Å². The van der Waals surface area contributed by atoms with Crippen LogP contribution >= 0.6 is 11.8 Å². The van der Waals surface area contributed by atoms with Crippen molar-refractivity contribution in [2.75, 3.05) is 12.3 Å². The SMILES string of the molecule is Cc1ccc2c(c1)C(NCC1CCCCS1)CC2. The van der Waals surface area contributed by atoms with Gasteiger partial charge in [0, 0.05) is 17.8 Å². The predicted octanol–water partition coefficient (Wildman–Crippen LogP) is 3.86. The minimum Gasteiger partial charge on any atom is -0.309 e. The summed E-state index contributed by atoms with van der Waals surface area (Å²) in [5.74, 6) is 1.37. The first-order chi connectivity index (χ1) is 8.83. The van der Waals surface area contributed by atoms with Crippen LogP contribution in [-0.4, -0.2) is 17.5 Å². The average molecular weight is 261 g/mol. The van der Waals surface area contributed by atoms with Crippen molar-refractivity contribution < 1.29 is 0 Å². The van der Waals surface area contributed by atoms with Crippen LogP contribution in [-0.2, 0) is 6.42 Å². The van der Waals surface area contributed by atoms with E-state index in [0.29, 0.717) is 6.04 Å². The highest BCUT2D eigenvalue weighted by atomic mass is 32.2. The molecule has 3 rings (SSSR count). The molecule has 1 aromatic carbocycles. The molecule has 1 saturated heterocycles. The maximum atomic E-state index is 3.81. The fraction of sp³-hybridized carbons (Fsp3) is 0.625. The summed E-state index contributed by atoms with van der Waals surface area (Å²) in [6.45, 7) is 3.40. The summed E-state index contributed by atoms with van der Waals surface area (Å²) in [6, 6.07) is 7.57. The Labute approximate surface area is 115 Å². The van der Waals surface area contributed by atoms with Crippen LogP contribution < -0.4 is 5.32 Å². The van der Waals surface area contributed by atoms with Crippen LogP contribution in [0, 0.1) is 6.92 Å². The van der Waals surface area contributed by atoms with Gasteiger partial charge in [-0.05, 0) is 49.5 Å². The molecule has 0 spiro atoms. The minimum absolute atomic E-state index is 0.613. The molecule has 1 fully saturated rings. The molecule has 1 aromatic rings. The zero-order valence-electron chi connectivity index (χ0n) is 11.2. The van der Waals surface area contributed by atoms with Gasteiger partial charge in [-0.25, -0.2) is 0 Å². The third-order valence-corrected chi connectivity index (χ3v) is 5.64. The molecule has 0 aromatic heterocycles. The van der Waals surface area contributed by atoms with Gasteiger partial charge in [0.2, 0.25) is 0 Å². The minimum atomic E-state index is 0.613. The maximum absolute atomic E-state index is 3.81. The summed E-state index contributed by atoms with van der Waals surface area (Å²) < 4.78 is 0. The maximum Gasteiger partial charge on any atom is 0.0326 e. The first-order valence-electron chi connectivity index (χ1n) is 7.27. The predicted molar refractivity (Wildman–Crippen MR) is 80.3 cm³/mol. The molecule has 0 amide bonds. The molecule has 2 heteroatoms. The molecule has 0 radical (unpaired) electrons. The lowest BCUT2D eigenvalue weighted by atomic mass is 10.0. The van der Waals surface area contributed by atoms with E-state index in [9.17, 15) is 0 Å². The molecular formula is C16H23NS. The second-order valence-electron chi connectivity index (χ2n) is 5.69. The zero-order valence-corrected chi connectivity index (χ0v) is 12.1. The number of hydrogen-bond donors (Lipinski definition) is 1. The van der Waals surface area contributed by atoms with Crippen LogP contribution in [0.15, 0.2) is 18.2 Å². The summed E-state index contributed by atoms with van der Waals surface area (Å²) in [7, 11) is 0. The summed E-state index contributed by atoms with van der Waals surface area (Å²) in [4.78, 5) is 0. The molecule has 1 N–H and O–H groups in total. The highest BCUT2D eigenvalue weighted by molar-refractivity contribution is 7.99. The molecule has 2 unspecified atom stereocenters. The summed E-state index contributed by atoms with van der Waals surface area (Å²) in [5, 5.41) is 4.67. The fourth-order valence-corrected chi connectivity index (χ4v) is 4.43. The first-order valence-corrected chi connectivity index (χ1v) is 8.32. The second-order valence-corrected chi connectivity index (χ2v) is 7.10. The molecule has 18 heavy (non-hydrogen) atoms. The summed E-state index contributed by atoms with van der Waals surface area (Å²) in [5.41, 5.74) is 4.53. The van der Waals surface area contributed by atoms with E-state index in [2.05, 4.69) is 42.2 Å². The molecule has 98 valence electrons. The standard InChI is InChI=1S/C16H23NS/c1-12-5-6-13-7-8-16(15(13)10-12)17-11-14-4-2-3-9-18-14/h5-6,10,14,16-17H,2-4,7-9,11H2,1H3. The lowest BCUT2D eigenvalue weighted by Crippen LogP contribution is -2.29. The molecule has 1 aliphatic carbocycles. The quantitative estimate of drug-likeness (QED) is 0.887. The molecule has 0 saturated carbocycles. The Bertz CT molecular complexity index is 410. The van der Waals surface area contributed by atoms with Gasteiger partial charge in [-0.3, -0.25) is 0 Å². The molecule has 2 atom stereocenters. The van der Waals surface area contributed by atoms with Gasteiger partial charge < -0.3 is 5.32 Å². The van der Waals surface area contributed by atoms with Gasteiger partial charge in [-0.15, -0.1) is 0 Å². The van der Waals surface area contributed by atoms with Gasteiger partial charge in [-0.1, -0.05) is 30.2 Å². The summed E-state index contributed by atoms with van der Waals surface area (Å²) >= 11 is 2.17. The Kier molecular flexibility index (Phi) is 3.95. The number of aryl methyl sites for hydroxylation is 2. The number of fused-ring (bicyclic) bond motifs is 1. The van der Waals surface area contributed by atoms with Gasteiger partial charge in [0.15, 0.2) is 0 Å². The van der Waals surface area contributed by atoms with Crippen molar-refractivity contribution in [2.45, 2.75) is 50.3 Å². The topological polar surface area (TPSA) is 12.0 Å². The largest absolute Gasteiger partial charge is 0.309 e. The van der Waals surface area contributed by atoms with Crippen LogP contribution in [0.2, 0.25) is 0 Å². The van der Waals surface area contributed by atoms with E-state index in [4.69, 9.17) is 0 Å². The fourth-order valence-electron chi connectivity index (χ4n) is 3.18. The Hall–Kier alpha value is -0.470. The van der Waals surface area contributed by atoms with Crippen LogP contribution in [0.25, 0.3) is 0 Å². The van der Waals surface area contributed by atoms with Gasteiger partial charge in [0.25, 0.3) is 0 Å². The highest BCUT2D eigenvalue weighted by Gasteiger charge is 2.23. The normalized spacial score (nSPS) is 27.2. The smallest absolute Gasteiger partial charge is 0.0326 e.